The monoisotopic (exact) mass is 314 g/mol. The summed E-state index contributed by atoms with van der Waals surface area (Å²) in [4.78, 5) is 0. The minimum absolute atomic E-state index is 0.364. The molecule has 1 aliphatic rings. The van der Waals surface area contributed by atoms with Crippen LogP contribution in [0.2, 0.25) is 0 Å². The normalized spacial score (nSPS) is 21.0. The Morgan fingerprint density at radius 3 is 2.71 bits per heavy atom. The molecule has 120 valence electrons. The van der Waals surface area contributed by atoms with Gasteiger partial charge in [0.05, 0.1) is 6.20 Å². The molecule has 21 heavy (non-hydrogen) atoms. The zero-order valence-electron chi connectivity index (χ0n) is 13.2. The molecule has 1 aromatic rings. The van der Waals surface area contributed by atoms with Crippen LogP contribution >= 0.6 is 0 Å². The quantitative estimate of drug-likeness (QED) is 0.866. The lowest BCUT2D eigenvalue weighted by molar-refractivity contribution is 0.247. The molecule has 0 spiro atoms. The van der Waals surface area contributed by atoms with E-state index in [0.29, 0.717) is 32.1 Å². The predicted molar refractivity (Wildman–Crippen MR) is 83.2 cm³/mol. The molecule has 0 unspecified atom stereocenters. The highest BCUT2D eigenvalue weighted by Crippen LogP contribution is 2.24. The number of rotatable bonds is 6. The van der Waals surface area contributed by atoms with E-state index in [9.17, 15) is 8.42 Å². The minimum Gasteiger partial charge on any atom is -0.282 e. The van der Waals surface area contributed by atoms with Gasteiger partial charge in [0.1, 0.15) is 0 Å². The van der Waals surface area contributed by atoms with Crippen molar-refractivity contribution in [3.05, 3.63) is 17.5 Å². The van der Waals surface area contributed by atoms with E-state index in [1.807, 2.05) is 27.0 Å². The zero-order chi connectivity index (χ0) is 15.5. The molecule has 1 aromatic heterocycles. The van der Waals surface area contributed by atoms with E-state index >= 15 is 0 Å². The van der Waals surface area contributed by atoms with Crippen LogP contribution in [0, 0.1) is 12.8 Å². The van der Waals surface area contributed by atoms with E-state index in [-0.39, 0.29) is 0 Å². The second-order valence-electron chi connectivity index (χ2n) is 5.69. The van der Waals surface area contributed by atoms with Gasteiger partial charge in [0.2, 0.25) is 0 Å². The molecule has 0 amide bonds. The number of hydrogen-bond donors (Lipinski definition) is 1. The van der Waals surface area contributed by atoms with Crippen LogP contribution < -0.4 is 0 Å². The third-order valence-corrected chi connectivity index (χ3v) is 6.42. The first-order chi connectivity index (χ1) is 9.98. The number of aromatic nitrogens is 2. The van der Waals surface area contributed by atoms with Crippen LogP contribution in [0.25, 0.3) is 0 Å². The Morgan fingerprint density at radius 2 is 2.14 bits per heavy atom. The van der Waals surface area contributed by atoms with Crippen LogP contribution in [0.3, 0.4) is 0 Å². The molecular weight excluding hydrogens is 288 g/mol. The average Bonchev–Trinajstić information content (AvgIpc) is 2.86. The standard InChI is InChI=1S/C14H26N4O2S/c1-4-17(5-2)21(19,20)18-8-6-7-13(11-18)9-14-12(3)10-15-16-14/h10,13H,4-9,11H2,1-3H3,(H,15,16)/t13-/m0/s1. The zero-order valence-corrected chi connectivity index (χ0v) is 14.0. The maximum absolute atomic E-state index is 12.6. The van der Waals surface area contributed by atoms with Gasteiger partial charge in [-0.25, -0.2) is 0 Å². The van der Waals surface area contributed by atoms with Crippen molar-refractivity contribution in [2.45, 2.75) is 40.0 Å². The van der Waals surface area contributed by atoms with Gasteiger partial charge in [-0.2, -0.15) is 22.1 Å². The van der Waals surface area contributed by atoms with Crippen LogP contribution in [0.4, 0.5) is 0 Å². The molecule has 1 N–H and O–H groups in total. The van der Waals surface area contributed by atoms with Gasteiger partial charge in [-0.1, -0.05) is 13.8 Å². The Kier molecular flexibility index (Phi) is 5.40. The number of aryl methyl sites for hydroxylation is 1. The number of piperidine rings is 1. The van der Waals surface area contributed by atoms with Gasteiger partial charge in [-0.15, -0.1) is 0 Å². The Morgan fingerprint density at radius 1 is 1.43 bits per heavy atom. The van der Waals surface area contributed by atoms with Crippen LogP contribution in [0.15, 0.2) is 6.20 Å². The first kappa shape index (κ1) is 16.5. The van der Waals surface area contributed by atoms with E-state index < -0.39 is 10.2 Å². The van der Waals surface area contributed by atoms with Crippen molar-refractivity contribution in [1.82, 2.24) is 18.8 Å². The van der Waals surface area contributed by atoms with Crippen LogP contribution in [-0.4, -0.2) is 53.4 Å². The van der Waals surface area contributed by atoms with Gasteiger partial charge in [0, 0.05) is 31.9 Å². The van der Waals surface area contributed by atoms with E-state index in [2.05, 4.69) is 10.2 Å². The summed E-state index contributed by atoms with van der Waals surface area (Å²) in [7, 11) is -3.31. The fraction of sp³-hybridized carbons (Fsp3) is 0.786. The number of nitrogens with zero attached hydrogens (tertiary/aromatic N) is 3. The van der Waals surface area contributed by atoms with E-state index in [4.69, 9.17) is 0 Å². The van der Waals surface area contributed by atoms with E-state index in [1.54, 1.807) is 4.31 Å². The highest BCUT2D eigenvalue weighted by molar-refractivity contribution is 7.86. The molecule has 0 bridgehead atoms. The van der Waals surface area contributed by atoms with Gasteiger partial charge in [0.15, 0.2) is 0 Å². The van der Waals surface area contributed by atoms with Crippen molar-refractivity contribution in [1.29, 1.82) is 0 Å². The predicted octanol–water partition coefficient (Wildman–Crippen LogP) is 1.56. The second kappa shape index (κ2) is 6.89. The lowest BCUT2D eigenvalue weighted by Crippen LogP contribution is -2.48. The molecule has 2 rings (SSSR count). The van der Waals surface area contributed by atoms with Crippen molar-refractivity contribution in [3.8, 4) is 0 Å². The van der Waals surface area contributed by atoms with Crippen molar-refractivity contribution in [2.75, 3.05) is 26.2 Å². The summed E-state index contributed by atoms with van der Waals surface area (Å²) in [5.41, 5.74) is 2.28. The average molecular weight is 314 g/mol. The lowest BCUT2D eigenvalue weighted by atomic mass is 9.94. The van der Waals surface area contributed by atoms with Crippen LogP contribution in [-0.2, 0) is 16.6 Å². The SMILES string of the molecule is CCN(CC)S(=O)(=O)N1CCC[C@@H](Cc2[nH]ncc2C)C1. The van der Waals surface area contributed by atoms with Gasteiger partial charge >= 0.3 is 0 Å². The molecule has 2 heterocycles. The van der Waals surface area contributed by atoms with Gasteiger partial charge in [-0.05, 0) is 37.7 Å². The van der Waals surface area contributed by atoms with Crippen LogP contribution in [0.5, 0.6) is 0 Å². The van der Waals surface area contributed by atoms with Crippen molar-refractivity contribution in [3.63, 3.8) is 0 Å². The van der Waals surface area contributed by atoms with Crippen LogP contribution in [0.1, 0.15) is 37.9 Å². The van der Waals surface area contributed by atoms with Gasteiger partial charge in [-0.3, -0.25) is 5.10 Å². The molecule has 1 fully saturated rings. The molecule has 0 aromatic carbocycles. The molecule has 1 atom stereocenters. The Bertz CT molecular complexity index is 551. The molecule has 6 nitrogen and oxygen atoms in total. The van der Waals surface area contributed by atoms with Gasteiger partial charge < -0.3 is 0 Å². The number of hydrogen-bond acceptors (Lipinski definition) is 3. The fourth-order valence-corrected chi connectivity index (χ4v) is 4.72. The highest BCUT2D eigenvalue weighted by Gasteiger charge is 2.32. The topological polar surface area (TPSA) is 69.3 Å². The number of aromatic amines is 1. The summed E-state index contributed by atoms with van der Waals surface area (Å²) < 4.78 is 28.4. The fourth-order valence-electron chi connectivity index (χ4n) is 2.98. The van der Waals surface area contributed by atoms with E-state index in [1.165, 1.54) is 4.31 Å². The Hall–Kier alpha value is -0.920. The van der Waals surface area contributed by atoms with Crippen molar-refractivity contribution < 1.29 is 8.42 Å². The molecule has 0 radical (unpaired) electrons. The summed E-state index contributed by atoms with van der Waals surface area (Å²) >= 11 is 0. The molecule has 7 heteroatoms. The highest BCUT2D eigenvalue weighted by atomic mass is 32.2. The third-order valence-electron chi connectivity index (χ3n) is 4.27. The molecule has 1 aliphatic heterocycles. The summed E-state index contributed by atoms with van der Waals surface area (Å²) in [6.45, 7) is 8.10. The van der Waals surface area contributed by atoms with E-state index in [0.717, 1.165) is 30.5 Å². The smallest absolute Gasteiger partial charge is 0.281 e. The van der Waals surface area contributed by atoms with Crippen molar-refractivity contribution >= 4 is 10.2 Å². The van der Waals surface area contributed by atoms with Crippen molar-refractivity contribution in [2.24, 2.45) is 5.92 Å². The maximum atomic E-state index is 12.6. The first-order valence-electron chi connectivity index (χ1n) is 7.73. The molecule has 0 aliphatic carbocycles. The summed E-state index contributed by atoms with van der Waals surface area (Å²) in [6.07, 6.45) is 4.69. The number of H-pyrrole nitrogens is 1. The Balaban J connectivity index is 2.05. The minimum atomic E-state index is -3.31. The molecule has 0 saturated carbocycles. The Labute approximate surface area is 127 Å². The maximum Gasteiger partial charge on any atom is 0.281 e. The summed E-state index contributed by atoms with van der Waals surface area (Å²) in [6, 6.07) is 0. The lowest BCUT2D eigenvalue weighted by Gasteiger charge is -2.35. The summed E-state index contributed by atoms with van der Waals surface area (Å²) in [5.74, 6) is 0.364. The second-order valence-corrected chi connectivity index (χ2v) is 7.62. The van der Waals surface area contributed by atoms with Gasteiger partial charge in [0.25, 0.3) is 10.2 Å². The largest absolute Gasteiger partial charge is 0.282 e. The first-order valence-corrected chi connectivity index (χ1v) is 9.12. The third kappa shape index (κ3) is 3.64. The summed E-state index contributed by atoms with van der Waals surface area (Å²) in [5, 5.41) is 7.07. The number of nitrogens with one attached hydrogen (secondary N) is 1. The molecule has 1 saturated heterocycles. The molecular formula is C14H26N4O2S.